The summed E-state index contributed by atoms with van der Waals surface area (Å²) >= 11 is 15.5. The Morgan fingerprint density at radius 3 is 2.48 bits per heavy atom. The SMILES string of the molecule is CC[C@@H](C)NC(=O)C(=O)Nn1c(C(=O)Nc2ccc(Cl)cc2Cl)cc2cc(Br)ccc21. The Bertz CT molecular complexity index is 1180. The fraction of sp³-hybridized carbons (Fsp3) is 0.190. The molecule has 0 saturated carbocycles. The highest BCUT2D eigenvalue weighted by Gasteiger charge is 2.22. The summed E-state index contributed by atoms with van der Waals surface area (Å²) in [4.78, 5) is 37.7. The second-order valence-electron chi connectivity index (χ2n) is 6.87. The molecule has 10 heteroatoms. The maximum absolute atomic E-state index is 13.0. The minimum Gasteiger partial charge on any atom is -0.345 e. The van der Waals surface area contributed by atoms with E-state index in [-0.39, 0.29) is 16.8 Å². The first-order chi connectivity index (χ1) is 14.7. The number of fused-ring (bicyclic) bond motifs is 1. The lowest BCUT2D eigenvalue weighted by molar-refractivity contribution is -0.137. The van der Waals surface area contributed by atoms with Gasteiger partial charge >= 0.3 is 11.8 Å². The summed E-state index contributed by atoms with van der Waals surface area (Å²) in [7, 11) is 0. The molecule has 0 fully saturated rings. The van der Waals surface area contributed by atoms with Gasteiger partial charge in [0.25, 0.3) is 5.91 Å². The van der Waals surface area contributed by atoms with Gasteiger partial charge in [-0.3, -0.25) is 19.8 Å². The van der Waals surface area contributed by atoms with Crippen LogP contribution in [-0.4, -0.2) is 28.4 Å². The van der Waals surface area contributed by atoms with Gasteiger partial charge in [0.15, 0.2) is 0 Å². The van der Waals surface area contributed by atoms with Crippen LogP contribution in [0.5, 0.6) is 0 Å². The van der Waals surface area contributed by atoms with Crippen molar-refractivity contribution in [1.29, 1.82) is 0 Å². The quantitative estimate of drug-likeness (QED) is 0.411. The number of rotatable bonds is 5. The van der Waals surface area contributed by atoms with Crippen LogP contribution in [0.3, 0.4) is 0 Å². The highest BCUT2D eigenvalue weighted by Crippen LogP contribution is 2.27. The predicted molar refractivity (Wildman–Crippen MR) is 126 cm³/mol. The van der Waals surface area contributed by atoms with E-state index < -0.39 is 17.7 Å². The monoisotopic (exact) mass is 524 g/mol. The van der Waals surface area contributed by atoms with Crippen LogP contribution in [0.1, 0.15) is 30.8 Å². The molecule has 2 aromatic carbocycles. The summed E-state index contributed by atoms with van der Waals surface area (Å²) in [6.07, 6.45) is 0.676. The van der Waals surface area contributed by atoms with Crippen molar-refractivity contribution in [1.82, 2.24) is 9.99 Å². The Labute approximate surface area is 197 Å². The van der Waals surface area contributed by atoms with E-state index in [1.165, 1.54) is 10.7 Å². The third-order valence-corrected chi connectivity index (χ3v) is 5.63. The minimum atomic E-state index is -0.890. The van der Waals surface area contributed by atoms with Gasteiger partial charge in [-0.2, -0.15) is 0 Å². The van der Waals surface area contributed by atoms with Crippen LogP contribution in [0.25, 0.3) is 10.9 Å². The number of amides is 3. The molecule has 0 saturated heterocycles. The first-order valence-electron chi connectivity index (χ1n) is 9.38. The summed E-state index contributed by atoms with van der Waals surface area (Å²) < 4.78 is 2.07. The van der Waals surface area contributed by atoms with Crippen molar-refractivity contribution < 1.29 is 14.4 Å². The molecular formula is C21H19BrCl2N4O3. The average Bonchev–Trinajstić information content (AvgIpc) is 3.07. The number of carbonyl (C=O) groups excluding carboxylic acids is 3. The molecule has 0 aliphatic carbocycles. The number of nitrogens with zero attached hydrogens (tertiary/aromatic N) is 1. The highest BCUT2D eigenvalue weighted by molar-refractivity contribution is 9.10. The van der Waals surface area contributed by atoms with Gasteiger partial charge in [-0.1, -0.05) is 46.1 Å². The predicted octanol–water partition coefficient (Wildman–Crippen LogP) is 4.95. The van der Waals surface area contributed by atoms with E-state index in [1.807, 2.05) is 6.92 Å². The Morgan fingerprint density at radius 1 is 1.06 bits per heavy atom. The number of anilines is 1. The first-order valence-corrected chi connectivity index (χ1v) is 10.9. The Hall–Kier alpha value is -2.55. The molecule has 3 rings (SSSR count). The third-order valence-electron chi connectivity index (χ3n) is 4.59. The molecule has 0 aliphatic rings. The molecule has 0 spiro atoms. The van der Waals surface area contributed by atoms with Gasteiger partial charge < -0.3 is 10.6 Å². The molecule has 0 aliphatic heterocycles. The van der Waals surface area contributed by atoms with Crippen molar-refractivity contribution in [3.8, 4) is 0 Å². The van der Waals surface area contributed by atoms with E-state index >= 15 is 0 Å². The van der Waals surface area contributed by atoms with Gasteiger partial charge in [-0.15, -0.1) is 0 Å². The standard InChI is InChI=1S/C21H19BrCl2N4O3/c1-3-11(2)25-20(30)21(31)27-28-17-7-4-13(22)8-12(17)9-18(28)19(29)26-16-6-5-14(23)10-15(16)24/h4-11H,3H2,1-2H3,(H,25,30)(H,26,29)(H,27,31)/t11-/m1/s1. The number of carbonyl (C=O) groups is 3. The van der Waals surface area contributed by atoms with Crippen molar-refractivity contribution in [2.75, 3.05) is 10.7 Å². The van der Waals surface area contributed by atoms with Gasteiger partial charge in [-0.05, 0) is 55.8 Å². The molecule has 7 nitrogen and oxygen atoms in total. The minimum absolute atomic E-state index is 0.115. The highest BCUT2D eigenvalue weighted by atomic mass is 79.9. The van der Waals surface area contributed by atoms with Crippen LogP contribution in [-0.2, 0) is 9.59 Å². The summed E-state index contributed by atoms with van der Waals surface area (Å²) in [6.45, 7) is 3.69. The van der Waals surface area contributed by atoms with Gasteiger partial charge in [0.1, 0.15) is 5.69 Å². The molecule has 31 heavy (non-hydrogen) atoms. The topological polar surface area (TPSA) is 92.2 Å². The maximum atomic E-state index is 13.0. The molecule has 1 heterocycles. The van der Waals surface area contributed by atoms with Crippen LogP contribution in [0, 0.1) is 0 Å². The van der Waals surface area contributed by atoms with E-state index in [1.54, 1.807) is 43.3 Å². The van der Waals surface area contributed by atoms with E-state index in [0.717, 1.165) is 4.47 Å². The third kappa shape index (κ3) is 5.39. The lowest BCUT2D eigenvalue weighted by atomic mass is 10.2. The van der Waals surface area contributed by atoms with E-state index in [4.69, 9.17) is 23.2 Å². The van der Waals surface area contributed by atoms with Crippen molar-refractivity contribution >= 4 is 73.4 Å². The van der Waals surface area contributed by atoms with E-state index in [2.05, 4.69) is 32.0 Å². The molecule has 1 aromatic heterocycles. The van der Waals surface area contributed by atoms with Crippen molar-refractivity contribution in [3.63, 3.8) is 0 Å². The zero-order valence-electron chi connectivity index (χ0n) is 16.6. The lowest BCUT2D eigenvalue weighted by Gasteiger charge is -2.15. The second kappa shape index (κ2) is 9.72. The fourth-order valence-electron chi connectivity index (χ4n) is 2.79. The van der Waals surface area contributed by atoms with Crippen molar-refractivity contribution in [2.24, 2.45) is 0 Å². The molecule has 1 atom stereocenters. The maximum Gasteiger partial charge on any atom is 0.328 e. The van der Waals surface area contributed by atoms with Crippen LogP contribution < -0.4 is 16.1 Å². The number of benzene rings is 2. The summed E-state index contributed by atoms with van der Waals surface area (Å²) in [5.41, 5.74) is 3.52. The lowest BCUT2D eigenvalue weighted by Crippen LogP contribution is -2.43. The number of hydrogen-bond acceptors (Lipinski definition) is 3. The first kappa shape index (κ1) is 23.1. The van der Waals surface area contributed by atoms with Crippen molar-refractivity contribution in [3.05, 3.63) is 62.7 Å². The van der Waals surface area contributed by atoms with Gasteiger partial charge in [0.2, 0.25) is 0 Å². The summed E-state index contributed by atoms with van der Waals surface area (Å²) in [5.74, 6) is -2.21. The molecule has 162 valence electrons. The second-order valence-corrected chi connectivity index (χ2v) is 8.63. The van der Waals surface area contributed by atoms with Crippen molar-refractivity contribution in [2.45, 2.75) is 26.3 Å². The number of nitrogens with one attached hydrogen (secondary N) is 3. The van der Waals surface area contributed by atoms with E-state index in [9.17, 15) is 14.4 Å². The fourth-order valence-corrected chi connectivity index (χ4v) is 3.63. The Morgan fingerprint density at radius 2 is 1.81 bits per heavy atom. The zero-order chi connectivity index (χ0) is 22.7. The Kier molecular flexibility index (Phi) is 7.25. The normalized spacial score (nSPS) is 11.8. The average molecular weight is 526 g/mol. The molecule has 3 aromatic rings. The number of halogens is 3. The van der Waals surface area contributed by atoms with E-state index in [0.29, 0.717) is 28.0 Å². The number of hydrogen-bond donors (Lipinski definition) is 3. The smallest absolute Gasteiger partial charge is 0.328 e. The van der Waals surface area contributed by atoms with Gasteiger partial charge in [0.05, 0.1) is 16.2 Å². The molecule has 0 radical (unpaired) electrons. The summed E-state index contributed by atoms with van der Waals surface area (Å²) in [5, 5.41) is 6.68. The zero-order valence-corrected chi connectivity index (χ0v) is 19.7. The molecule has 3 amide bonds. The molecule has 3 N–H and O–H groups in total. The number of aromatic nitrogens is 1. The Balaban J connectivity index is 1.95. The van der Waals surface area contributed by atoms with Crippen LogP contribution in [0.2, 0.25) is 10.0 Å². The van der Waals surface area contributed by atoms with Gasteiger partial charge in [0, 0.05) is 20.9 Å². The van der Waals surface area contributed by atoms with Crippen LogP contribution >= 0.6 is 39.1 Å². The largest absolute Gasteiger partial charge is 0.345 e. The molecular weight excluding hydrogens is 507 g/mol. The molecule has 0 unspecified atom stereocenters. The van der Waals surface area contributed by atoms with Crippen LogP contribution in [0.4, 0.5) is 5.69 Å². The summed E-state index contributed by atoms with van der Waals surface area (Å²) in [6, 6.07) is 11.4. The van der Waals surface area contributed by atoms with Gasteiger partial charge in [-0.25, -0.2) is 4.68 Å². The van der Waals surface area contributed by atoms with Crippen LogP contribution in [0.15, 0.2) is 46.9 Å². The molecule has 0 bridgehead atoms.